The molecule has 10 nitrogen and oxygen atoms in total. The Kier molecular flexibility index (Phi) is 8.45. The summed E-state index contributed by atoms with van der Waals surface area (Å²) >= 11 is 6.17. The monoisotopic (exact) mass is 656 g/mol. The number of benzene rings is 2. The molecule has 0 aliphatic carbocycles. The van der Waals surface area contributed by atoms with Crippen LogP contribution in [-0.2, 0) is 21.4 Å². The van der Waals surface area contributed by atoms with E-state index in [1.165, 1.54) is 56.5 Å². The standard InChI is InChI=1S/C24H22ClN4O6S.HI/c1-4-26-13-5-6-18(15-26)27(16(2)30)28-22-14-17(25)7-12-21(22)23(31)29(24(28)32)36(33,34)20-10-8-19(35-3)9-11-20;/h5-15H,4H2,1-3H3;1H/q+1;/p-1. The van der Waals surface area contributed by atoms with Crippen LogP contribution in [-0.4, -0.2) is 30.1 Å². The molecule has 0 N–H and O–H groups in total. The van der Waals surface area contributed by atoms with Crippen molar-refractivity contribution >= 4 is 44.1 Å². The second-order valence-corrected chi connectivity index (χ2v) is 9.95. The number of pyridine rings is 1. The van der Waals surface area contributed by atoms with Gasteiger partial charge < -0.3 is 28.7 Å². The van der Waals surface area contributed by atoms with Gasteiger partial charge in [0.05, 0.1) is 22.9 Å². The Bertz CT molecular complexity index is 1720. The predicted octanol–water partition coefficient (Wildman–Crippen LogP) is -0.810. The molecule has 1 amide bonds. The maximum atomic E-state index is 13.8. The molecule has 0 spiro atoms. The lowest BCUT2D eigenvalue weighted by atomic mass is 10.2. The predicted molar refractivity (Wildman–Crippen MR) is 134 cm³/mol. The third kappa shape index (κ3) is 5.13. The molecule has 0 saturated heterocycles. The third-order valence-electron chi connectivity index (χ3n) is 5.51. The first-order valence-electron chi connectivity index (χ1n) is 10.8. The number of anilines is 1. The van der Waals surface area contributed by atoms with Gasteiger partial charge in [-0.2, -0.15) is 4.68 Å². The molecular weight excluding hydrogens is 635 g/mol. The molecule has 2 heterocycles. The van der Waals surface area contributed by atoms with Crippen LogP contribution < -0.4 is 49.5 Å². The van der Waals surface area contributed by atoms with Gasteiger partial charge in [-0.15, -0.1) is 3.97 Å². The van der Waals surface area contributed by atoms with E-state index in [1.807, 2.05) is 6.92 Å². The van der Waals surface area contributed by atoms with Gasteiger partial charge >= 0.3 is 5.69 Å². The topological polar surface area (TPSA) is 112 Å². The van der Waals surface area contributed by atoms with Crippen LogP contribution in [0, 0.1) is 0 Å². The fourth-order valence-corrected chi connectivity index (χ4v) is 5.23. The molecule has 0 radical (unpaired) electrons. The number of hydrogen-bond donors (Lipinski definition) is 0. The number of amides is 1. The van der Waals surface area contributed by atoms with Crippen LogP contribution in [0.25, 0.3) is 10.9 Å². The van der Waals surface area contributed by atoms with Crippen LogP contribution >= 0.6 is 11.6 Å². The molecule has 0 atom stereocenters. The second kappa shape index (κ2) is 11.0. The highest BCUT2D eigenvalue weighted by molar-refractivity contribution is 7.90. The minimum Gasteiger partial charge on any atom is -1.00 e. The summed E-state index contributed by atoms with van der Waals surface area (Å²) in [6.07, 6.45) is 3.40. The highest BCUT2D eigenvalue weighted by atomic mass is 127. The number of aryl methyl sites for hydroxylation is 1. The summed E-state index contributed by atoms with van der Waals surface area (Å²) in [5.74, 6) is -0.206. The summed E-state index contributed by atoms with van der Waals surface area (Å²) in [6.45, 7) is 3.69. The molecule has 0 saturated carbocycles. The number of aromatic nitrogens is 3. The van der Waals surface area contributed by atoms with Crippen molar-refractivity contribution in [1.82, 2.24) is 8.65 Å². The van der Waals surface area contributed by atoms with Gasteiger partial charge in [-0.3, -0.25) is 9.59 Å². The molecule has 37 heavy (non-hydrogen) atoms. The fraction of sp³-hybridized carbons (Fsp3) is 0.167. The summed E-state index contributed by atoms with van der Waals surface area (Å²) in [7, 11) is -3.24. The Morgan fingerprint density at radius 3 is 2.38 bits per heavy atom. The Morgan fingerprint density at radius 1 is 1.11 bits per heavy atom. The molecule has 0 aliphatic heterocycles. The van der Waals surface area contributed by atoms with Crippen molar-refractivity contribution in [1.29, 1.82) is 0 Å². The lowest BCUT2D eigenvalue weighted by Gasteiger charge is -2.24. The summed E-state index contributed by atoms with van der Waals surface area (Å²) in [5, 5.41) is 1.07. The first kappa shape index (κ1) is 28.3. The number of methoxy groups -OCH3 is 1. The van der Waals surface area contributed by atoms with Crippen LogP contribution in [0.2, 0.25) is 5.02 Å². The van der Waals surface area contributed by atoms with Crippen molar-refractivity contribution in [2.45, 2.75) is 25.3 Å². The molecule has 2 aromatic carbocycles. The van der Waals surface area contributed by atoms with E-state index in [4.69, 9.17) is 16.3 Å². The molecule has 4 aromatic rings. The van der Waals surface area contributed by atoms with Crippen molar-refractivity contribution < 1.29 is 46.5 Å². The van der Waals surface area contributed by atoms with Crippen LogP contribution in [0.3, 0.4) is 0 Å². The minimum absolute atomic E-state index is 0. The molecule has 0 fully saturated rings. The quantitative estimate of drug-likeness (QED) is 0.198. The van der Waals surface area contributed by atoms with Crippen LogP contribution in [0.15, 0.2) is 81.5 Å². The van der Waals surface area contributed by atoms with E-state index in [-0.39, 0.29) is 54.5 Å². The largest absolute Gasteiger partial charge is 1.00 e. The molecule has 2 aromatic heterocycles. The van der Waals surface area contributed by atoms with Gasteiger partial charge in [-0.1, -0.05) is 11.6 Å². The van der Waals surface area contributed by atoms with Gasteiger partial charge in [0.15, 0.2) is 12.4 Å². The molecule has 194 valence electrons. The first-order valence-corrected chi connectivity index (χ1v) is 12.6. The van der Waals surface area contributed by atoms with E-state index in [9.17, 15) is 22.8 Å². The van der Waals surface area contributed by atoms with E-state index < -0.39 is 27.2 Å². The number of ether oxygens (including phenoxy) is 1. The Balaban J connectivity index is 0.00000380. The summed E-state index contributed by atoms with van der Waals surface area (Å²) < 4.78 is 34.9. The molecular formula is C24H22ClIN4O6S. The SMILES string of the molecule is CC[n+]1cccc(N(C(C)=O)n2c(=O)n(S(=O)(=O)c3ccc(OC)cc3)c(=O)c3ccc(Cl)cc32)c1.[I-]. The zero-order valence-electron chi connectivity index (χ0n) is 20.0. The van der Waals surface area contributed by atoms with Gasteiger partial charge in [0, 0.05) is 18.0 Å². The number of carbonyl (C=O) groups is 1. The molecule has 0 unspecified atom stereocenters. The van der Waals surface area contributed by atoms with Gasteiger partial charge in [0.1, 0.15) is 18.0 Å². The van der Waals surface area contributed by atoms with Gasteiger partial charge in [0.25, 0.3) is 15.6 Å². The zero-order valence-corrected chi connectivity index (χ0v) is 23.7. The maximum absolute atomic E-state index is 13.8. The number of nitrogens with zero attached hydrogens (tertiary/aromatic N) is 4. The van der Waals surface area contributed by atoms with Gasteiger partial charge in [-0.05, 0) is 55.5 Å². The van der Waals surface area contributed by atoms with Crippen molar-refractivity contribution in [3.63, 3.8) is 0 Å². The number of hydrogen-bond acceptors (Lipinski definition) is 6. The summed E-state index contributed by atoms with van der Waals surface area (Å²) in [5.41, 5.74) is -2.07. The first-order chi connectivity index (χ1) is 17.1. The number of carbonyl (C=O) groups excluding carboxylic acids is 1. The lowest BCUT2D eigenvalue weighted by molar-refractivity contribution is -0.693. The van der Waals surface area contributed by atoms with Crippen LogP contribution in [0.1, 0.15) is 13.8 Å². The summed E-state index contributed by atoms with van der Waals surface area (Å²) in [6, 6.07) is 12.5. The highest BCUT2D eigenvalue weighted by Gasteiger charge is 2.29. The van der Waals surface area contributed by atoms with Crippen molar-refractivity contribution in [3.8, 4) is 5.75 Å². The third-order valence-corrected chi connectivity index (χ3v) is 7.41. The zero-order chi connectivity index (χ0) is 26.2. The number of fused-ring (bicyclic) bond motifs is 1. The average molecular weight is 657 g/mol. The van der Waals surface area contributed by atoms with E-state index in [1.54, 1.807) is 29.1 Å². The number of halogens is 2. The van der Waals surface area contributed by atoms with Crippen molar-refractivity contribution in [2.75, 3.05) is 12.1 Å². The van der Waals surface area contributed by atoms with Crippen molar-refractivity contribution in [2.24, 2.45) is 0 Å². The average Bonchev–Trinajstić information content (AvgIpc) is 2.86. The highest BCUT2D eigenvalue weighted by Crippen LogP contribution is 2.22. The van der Waals surface area contributed by atoms with Crippen molar-refractivity contribution in [3.05, 3.63) is 92.9 Å². The molecule has 4 rings (SSSR count). The summed E-state index contributed by atoms with van der Waals surface area (Å²) in [4.78, 5) is 39.8. The molecule has 13 heteroatoms. The Morgan fingerprint density at radius 2 is 1.78 bits per heavy atom. The Labute approximate surface area is 234 Å². The van der Waals surface area contributed by atoms with Gasteiger partial charge in [-0.25, -0.2) is 22.8 Å². The number of rotatable bonds is 6. The molecule has 0 bridgehead atoms. The van der Waals surface area contributed by atoms with Crippen LogP contribution in [0.4, 0.5) is 5.69 Å². The fourth-order valence-electron chi connectivity index (χ4n) is 3.77. The van der Waals surface area contributed by atoms with E-state index >= 15 is 0 Å². The smallest absolute Gasteiger partial charge is 0.365 e. The lowest BCUT2D eigenvalue weighted by Crippen LogP contribution is -3.00. The molecule has 0 aliphatic rings. The minimum atomic E-state index is -4.66. The van der Waals surface area contributed by atoms with E-state index in [2.05, 4.69) is 0 Å². The normalized spacial score (nSPS) is 11.1. The van der Waals surface area contributed by atoms with Gasteiger partial charge in [0.2, 0.25) is 5.91 Å². The van der Waals surface area contributed by atoms with E-state index in [0.717, 1.165) is 9.69 Å². The Hall–Kier alpha value is -3.23. The second-order valence-electron chi connectivity index (χ2n) is 7.73. The maximum Gasteiger partial charge on any atom is 0.365 e. The van der Waals surface area contributed by atoms with E-state index in [0.29, 0.717) is 12.3 Å². The van der Waals surface area contributed by atoms with Crippen LogP contribution in [0.5, 0.6) is 5.75 Å².